The van der Waals surface area contributed by atoms with Gasteiger partial charge in [-0.3, -0.25) is 0 Å². The monoisotopic (exact) mass is 219 g/mol. The lowest BCUT2D eigenvalue weighted by Crippen LogP contribution is -2.28. The molecule has 1 heterocycles. The Hall–Kier alpha value is -1.02. The van der Waals surface area contributed by atoms with Gasteiger partial charge in [0.1, 0.15) is 0 Å². The Bertz CT molecular complexity index is 331. The molecule has 0 bridgehead atoms. The van der Waals surface area contributed by atoms with Gasteiger partial charge in [-0.05, 0) is 43.9 Å². The van der Waals surface area contributed by atoms with Crippen LogP contribution in [-0.2, 0) is 0 Å². The van der Waals surface area contributed by atoms with Crippen molar-refractivity contribution < 1.29 is 5.11 Å². The third-order valence-electron chi connectivity index (χ3n) is 3.56. The molecule has 16 heavy (non-hydrogen) atoms. The number of aliphatic hydroxyl groups is 1. The van der Waals surface area contributed by atoms with Gasteiger partial charge in [0.2, 0.25) is 0 Å². The molecule has 1 aliphatic heterocycles. The molecule has 1 aromatic rings. The lowest BCUT2D eigenvalue weighted by Gasteiger charge is -2.26. The Morgan fingerprint density at radius 1 is 1.38 bits per heavy atom. The fraction of sp³-hybridized carbons (Fsp3) is 0.571. The van der Waals surface area contributed by atoms with Crippen molar-refractivity contribution in [1.29, 1.82) is 0 Å². The second-order valence-electron chi connectivity index (χ2n) is 4.67. The van der Waals surface area contributed by atoms with E-state index < -0.39 is 0 Å². The van der Waals surface area contributed by atoms with Crippen molar-refractivity contribution in [3.05, 3.63) is 29.8 Å². The summed E-state index contributed by atoms with van der Waals surface area (Å²) in [6.45, 7) is 5.24. The first-order valence-electron chi connectivity index (χ1n) is 6.27. The maximum absolute atomic E-state index is 9.46. The van der Waals surface area contributed by atoms with Crippen molar-refractivity contribution in [2.24, 2.45) is 0 Å². The average Bonchev–Trinajstić information content (AvgIpc) is 2.77. The van der Waals surface area contributed by atoms with Crippen LogP contribution in [0.15, 0.2) is 24.3 Å². The lowest BCUT2D eigenvalue weighted by atomic mass is 10.1. The third-order valence-corrected chi connectivity index (χ3v) is 3.56. The zero-order chi connectivity index (χ0) is 11.5. The van der Waals surface area contributed by atoms with E-state index in [1.807, 2.05) is 12.1 Å². The van der Waals surface area contributed by atoms with Gasteiger partial charge in [-0.25, -0.2) is 0 Å². The minimum Gasteiger partial charge on any atom is -0.389 e. The van der Waals surface area contributed by atoms with E-state index >= 15 is 0 Å². The third kappa shape index (κ3) is 2.22. The molecule has 1 N–H and O–H groups in total. The largest absolute Gasteiger partial charge is 0.389 e. The van der Waals surface area contributed by atoms with E-state index in [0.717, 1.165) is 5.56 Å². The molecule has 0 amide bonds. The van der Waals surface area contributed by atoms with Crippen LogP contribution < -0.4 is 4.90 Å². The molecule has 0 spiro atoms. The van der Waals surface area contributed by atoms with Crippen LogP contribution in [0.5, 0.6) is 0 Å². The van der Waals surface area contributed by atoms with Gasteiger partial charge in [-0.1, -0.05) is 19.1 Å². The fourth-order valence-corrected chi connectivity index (χ4v) is 2.54. The van der Waals surface area contributed by atoms with E-state index in [9.17, 15) is 5.11 Å². The molecule has 0 aliphatic carbocycles. The van der Waals surface area contributed by atoms with Gasteiger partial charge >= 0.3 is 0 Å². The van der Waals surface area contributed by atoms with Crippen molar-refractivity contribution in [2.75, 3.05) is 11.4 Å². The van der Waals surface area contributed by atoms with Crippen molar-refractivity contribution in [3.8, 4) is 0 Å². The minimum atomic E-state index is -0.366. The predicted molar refractivity (Wildman–Crippen MR) is 67.7 cm³/mol. The summed E-state index contributed by atoms with van der Waals surface area (Å²) in [6, 6.07) is 9.04. The standard InChI is InChI=1S/C14H21NO/c1-3-13-5-4-10-15(13)14-8-6-12(7-9-14)11(2)16/h6-9,11,13,16H,3-5,10H2,1-2H3/t11-,13?/m1/s1. The van der Waals surface area contributed by atoms with Crippen molar-refractivity contribution >= 4 is 5.69 Å². The molecule has 1 saturated heterocycles. The van der Waals surface area contributed by atoms with E-state index in [4.69, 9.17) is 0 Å². The molecule has 1 aliphatic rings. The highest BCUT2D eigenvalue weighted by Crippen LogP contribution is 2.28. The lowest BCUT2D eigenvalue weighted by molar-refractivity contribution is 0.199. The first-order chi connectivity index (χ1) is 7.72. The zero-order valence-corrected chi connectivity index (χ0v) is 10.2. The van der Waals surface area contributed by atoms with Gasteiger partial charge in [0.25, 0.3) is 0 Å². The molecule has 2 atom stereocenters. The van der Waals surface area contributed by atoms with Crippen LogP contribution in [0.4, 0.5) is 5.69 Å². The number of benzene rings is 1. The molecular weight excluding hydrogens is 198 g/mol. The van der Waals surface area contributed by atoms with Crippen LogP contribution in [0.2, 0.25) is 0 Å². The molecule has 1 unspecified atom stereocenters. The van der Waals surface area contributed by atoms with E-state index in [2.05, 4.69) is 24.0 Å². The molecular formula is C14H21NO. The highest BCUT2D eigenvalue weighted by atomic mass is 16.3. The summed E-state index contributed by atoms with van der Waals surface area (Å²) in [6.07, 6.45) is 3.47. The number of rotatable bonds is 3. The molecule has 2 heteroatoms. The number of nitrogens with zero attached hydrogens (tertiary/aromatic N) is 1. The second kappa shape index (κ2) is 4.88. The van der Waals surface area contributed by atoms with Crippen LogP contribution in [-0.4, -0.2) is 17.7 Å². The molecule has 0 aromatic heterocycles. The number of aliphatic hydroxyl groups excluding tert-OH is 1. The summed E-state index contributed by atoms with van der Waals surface area (Å²) in [7, 11) is 0. The van der Waals surface area contributed by atoms with Crippen molar-refractivity contribution in [3.63, 3.8) is 0 Å². The number of hydrogen-bond acceptors (Lipinski definition) is 2. The molecule has 2 nitrogen and oxygen atoms in total. The highest BCUT2D eigenvalue weighted by Gasteiger charge is 2.22. The zero-order valence-electron chi connectivity index (χ0n) is 10.2. The van der Waals surface area contributed by atoms with Crippen LogP contribution in [0, 0.1) is 0 Å². The smallest absolute Gasteiger partial charge is 0.0761 e. The van der Waals surface area contributed by atoms with Gasteiger partial charge in [0.15, 0.2) is 0 Å². The Labute approximate surface area is 97.9 Å². The SMILES string of the molecule is CCC1CCCN1c1ccc([C@@H](C)O)cc1. The number of hydrogen-bond donors (Lipinski definition) is 1. The second-order valence-corrected chi connectivity index (χ2v) is 4.67. The van der Waals surface area contributed by atoms with Gasteiger partial charge in [-0.2, -0.15) is 0 Å². The molecule has 0 saturated carbocycles. The topological polar surface area (TPSA) is 23.5 Å². The molecule has 2 rings (SSSR count). The summed E-state index contributed by atoms with van der Waals surface area (Å²) < 4.78 is 0. The Kier molecular flexibility index (Phi) is 3.49. The summed E-state index contributed by atoms with van der Waals surface area (Å²) in [5.74, 6) is 0. The normalized spacial score (nSPS) is 22.4. The average molecular weight is 219 g/mol. The molecule has 88 valence electrons. The Balaban J connectivity index is 2.15. The summed E-state index contributed by atoms with van der Waals surface area (Å²) >= 11 is 0. The van der Waals surface area contributed by atoms with E-state index in [-0.39, 0.29) is 6.10 Å². The predicted octanol–water partition coefficient (Wildman–Crippen LogP) is 3.12. The molecule has 0 radical (unpaired) electrons. The van der Waals surface area contributed by atoms with E-state index in [1.54, 1.807) is 6.92 Å². The maximum atomic E-state index is 9.46. The van der Waals surface area contributed by atoms with Gasteiger partial charge in [0.05, 0.1) is 6.10 Å². The maximum Gasteiger partial charge on any atom is 0.0761 e. The van der Waals surface area contributed by atoms with Crippen LogP contribution >= 0.6 is 0 Å². The van der Waals surface area contributed by atoms with Gasteiger partial charge in [0, 0.05) is 18.3 Å². The van der Waals surface area contributed by atoms with Crippen LogP contribution in [0.25, 0.3) is 0 Å². The van der Waals surface area contributed by atoms with E-state index in [1.165, 1.54) is 31.5 Å². The summed E-state index contributed by atoms with van der Waals surface area (Å²) in [5, 5.41) is 9.46. The summed E-state index contributed by atoms with van der Waals surface area (Å²) in [5.41, 5.74) is 2.30. The Morgan fingerprint density at radius 3 is 2.62 bits per heavy atom. The number of anilines is 1. The Morgan fingerprint density at radius 2 is 2.06 bits per heavy atom. The first kappa shape index (κ1) is 11.5. The van der Waals surface area contributed by atoms with Crippen LogP contribution in [0.1, 0.15) is 44.8 Å². The van der Waals surface area contributed by atoms with Gasteiger partial charge in [-0.15, -0.1) is 0 Å². The highest BCUT2D eigenvalue weighted by molar-refractivity contribution is 5.49. The van der Waals surface area contributed by atoms with Crippen molar-refractivity contribution in [1.82, 2.24) is 0 Å². The summed E-state index contributed by atoms with van der Waals surface area (Å²) in [4.78, 5) is 2.49. The fourth-order valence-electron chi connectivity index (χ4n) is 2.54. The minimum absolute atomic E-state index is 0.366. The first-order valence-corrected chi connectivity index (χ1v) is 6.27. The molecule has 1 aromatic carbocycles. The quantitative estimate of drug-likeness (QED) is 0.844. The van der Waals surface area contributed by atoms with E-state index in [0.29, 0.717) is 6.04 Å². The van der Waals surface area contributed by atoms with Crippen LogP contribution in [0.3, 0.4) is 0 Å². The van der Waals surface area contributed by atoms with Crippen molar-refractivity contribution in [2.45, 2.75) is 45.3 Å². The molecule has 1 fully saturated rings. The van der Waals surface area contributed by atoms with Gasteiger partial charge < -0.3 is 10.0 Å².